The Morgan fingerprint density at radius 2 is 1.88 bits per heavy atom. The molecule has 0 bridgehead atoms. The van der Waals surface area contributed by atoms with Crippen molar-refractivity contribution in [3.8, 4) is 0 Å². The van der Waals surface area contributed by atoms with Crippen molar-refractivity contribution in [3.63, 3.8) is 0 Å². The standard InChI is InChI=1S/C11H12O3S3/c1-14-17(12,13)9-4-5-10(15)11(8-9)16-6-2-3-7-16/h2-8,15-16H,1H3. The first-order valence-electron chi connectivity index (χ1n) is 4.81. The molecule has 0 radical (unpaired) electrons. The third-order valence-corrected chi connectivity index (χ3v) is 6.09. The largest absolute Gasteiger partial charge is 0.296 e. The molecule has 92 valence electrons. The SMILES string of the molecule is COS(=O)(=O)c1ccc(S)c([SH]2C=CC=C2)c1. The minimum Gasteiger partial charge on any atom is -0.270 e. The van der Waals surface area contributed by atoms with Crippen LogP contribution in [0, 0.1) is 0 Å². The van der Waals surface area contributed by atoms with Crippen molar-refractivity contribution in [2.45, 2.75) is 14.7 Å². The lowest BCUT2D eigenvalue weighted by Gasteiger charge is -2.14. The second-order valence-electron chi connectivity index (χ2n) is 3.36. The molecule has 3 nitrogen and oxygen atoms in total. The molecule has 1 aliphatic rings. The van der Waals surface area contributed by atoms with Crippen LogP contribution in [0.5, 0.6) is 0 Å². The Labute approximate surface area is 109 Å². The Morgan fingerprint density at radius 1 is 1.24 bits per heavy atom. The molecule has 2 rings (SSSR count). The molecule has 0 saturated heterocycles. The number of allylic oxidation sites excluding steroid dienone is 2. The van der Waals surface area contributed by atoms with Crippen molar-refractivity contribution in [2.75, 3.05) is 7.11 Å². The van der Waals surface area contributed by atoms with Crippen LogP contribution in [-0.4, -0.2) is 15.5 Å². The molecule has 0 amide bonds. The van der Waals surface area contributed by atoms with Crippen molar-refractivity contribution in [3.05, 3.63) is 41.2 Å². The van der Waals surface area contributed by atoms with E-state index < -0.39 is 21.0 Å². The highest BCUT2D eigenvalue weighted by atomic mass is 32.2. The lowest BCUT2D eigenvalue weighted by Crippen LogP contribution is -2.03. The van der Waals surface area contributed by atoms with Crippen molar-refractivity contribution in [2.24, 2.45) is 0 Å². The molecule has 0 unspecified atom stereocenters. The fourth-order valence-corrected chi connectivity index (χ4v) is 4.34. The molecule has 0 fully saturated rings. The molecular formula is C11H12O3S3. The van der Waals surface area contributed by atoms with E-state index in [9.17, 15) is 8.42 Å². The topological polar surface area (TPSA) is 43.4 Å². The average molecular weight is 288 g/mol. The van der Waals surface area contributed by atoms with Crippen LogP contribution in [0.25, 0.3) is 0 Å². The minimum atomic E-state index is -3.64. The van der Waals surface area contributed by atoms with Crippen LogP contribution in [-0.2, 0) is 14.3 Å². The first-order valence-corrected chi connectivity index (χ1v) is 8.15. The summed E-state index contributed by atoms with van der Waals surface area (Å²) < 4.78 is 27.7. The van der Waals surface area contributed by atoms with Gasteiger partial charge in [-0.3, -0.25) is 4.18 Å². The first kappa shape index (κ1) is 12.8. The van der Waals surface area contributed by atoms with Gasteiger partial charge in [0.2, 0.25) is 0 Å². The highest BCUT2D eigenvalue weighted by Gasteiger charge is 2.16. The molecular weight excluding hydrogens is 276 g/mol. The molecule has 0 spiro atoms. The number of hydrogen-bond donors (Lipinski definition) is 2. The Morgan fingerprint density at radius 3 is 2.47 bits per heavy atom. The predicted molar refractivity (Wildman–Crippen MR) is 73.4 cm³/mol. The zero-order chi connectivity index (χ0) is 12.5. The predicted octanol–water partition coefficient (Wildman–Crippen LogP) is 2.71. The summed E-state index contributed by atoms with van der Waals surface area (Å²) in [6, 6.07) is 4.82. The second kappa shape index (κ2) is 4.89. The van der Waals surface area contributed by atoms with Gasteiger partial charge in [0.15, 0.2) is 0 Å². The van der Waals surface area contributed by atoms with Gasteiger partial charge in [-0.1, -0.05) is 12.2 Å². The van der Waals surface area contributed by atoms with Crippen LogP contribution in [0.1, 0.15) is 0 Å². The molecule has 6 heteroatoms. The van der Waals surface area contributed by atoms with Crippen LogP contribution in [0.15, 0.2) is 55.9 Å². The molecule has 0 atom stereocenters. The Bertz CT molecular complexity index is 576. The third-order valence-electron chi connectivity index (χ3n) is 2.34. The van der Waals surface area contributed by atoms with E-state index in [4.69, 9.17) is 0 Å². The molecule has 0 saturated carbocycles. The molecule has 1 aliphatic heterocycles. The molecule has 17 heavy (non-hydrogen) atoms. The summed E-state index contributed by atoms with van der Waals surface area (Å²) in [6.07, 6.45) is 3.91. The van der Waals surface area contributed by atoms with E-state index in [1.165, 1.54) is 6.07 Å². The van der Waals surface area contributed by atoms with Gasteiger partial charge in [0.25, 0.3) is 10.1 Å². The number of thiol groups is 2. The lowest BCUT2D eigenvalue weighted by atomic mass is 10.4. The fourth-order valence-electron chi connectivity index (χ4n) is 1.46. The smallest absolute Gasteiger partial charge is 0.270 e. The maximum atomic E-state index is 11.6. The van der Waals surface area contributed by atoms with Crippen LogP contribution < -0.4 is 0 Å². The van der Waals surface area contributed by atoms with Gasteiger partial charge >= 0.3 is 0 Å². The highest BCUT2D eigenvalue weighted by molar-refractivity contribution is 8.22. The Hall–Kier alpha value is -0.690. The number of hydrogen-bond acceptors (Lipinski definition) is 4. The molecule has 1 heterocycles. The van der Waals surface area contributed by atoms with Crippen LogP contribution >= 0.6 is 23.5 Å². The van der Waals surface area contributed by atoms with Gasteiger partial charge in [0.05, 0.1) is 12.0 Å². The number of benzene rings is 1. The molecule has 1 aromatic carbocycles. The van der Waals surface area contributed by atoms with E-state index in [-0.39, 0.29) is 4.90 Å². The molecule has 0 aliphatic carbocycles. The summed E-state index contributed by atoms with van der Waals surface area (Å²) in [4.78, 5) is 1.89. The van der Waals surface area contributed by atoms with Gasteiger partial charge in [0, 0.05) is 9.79 Å². The van der Waals surface area contributed by atoms with Gasteiger partial charge in [0.1, 0.15) is 0 Å². The average Bonchev–Trinajstić information content (AvgIpc) is 2.83. The van der Waals surface area contributed by atoms with Crippen LogP contribution in [0.4, 0.5) is 0 Å². The van der Waals surface area contributed by atoms with E-state index in [1.54, 1.807) is 12.1 Å². The van der Waals surface area contributed by atoms with E-state index >= 15 is 0 Å². The maximum absolute atomic E-state index is 11.6. The van der Waals surface area contributed by atoms with Gasteiger partial charge in [-0.25, -0.2) is 0 Å². The Kier molecular flexibility index (Phi) is 3.67. The van der Waals surface area contributed by atoms with E-state index in [0.29, 0.717) is 0 Å². The summed E-state index contributed by atoms with van der Waals surface area (Å²) in [5.74, 6) is 0. The quantitative estimate of drug-likeness (QED) is 0.664. The zero-order valence-electron chi connectivity index (χ0n) is 9.07. The third kappa shape index (κ3) is 2.60. The lowest BCUT2D eigenvalue weighted by molar-refractivity contribution is 0.397. The van der Waals surface area contributed by atoms with Crippen molar-refractivity contribution >= 4 is 33.6 Å². The van der Waals surface area contributed by atoms with E-state index in [0.717, 1.165) is 16.9 Å². The molecule has 0 aromatic heterocycles. The monoisotopic (exact) mass is 288 g/mol. The summed E-state index contributed by atoms with van der Waals surface area (Å²) in [5.41, 5.74) is 0. The second-order valence-corrected chi connectivity index (χ2v) is 7.45. The summed E-state index contributed by atoms with van der Waals surface area (Å²) >= 11 is 4.36. The van der Waals surface area contributed by atoms with Gasteiger partial charge in [-0.15, -0.1) is 12.6 Å². The van der Waals surface area contributed by atoms with Crippen LogP contribution in [0.2, 0.25) is 0 Å². The number of rotatable bonds is 3. The first-order chi connectivity index (χ1) is 8.04. The molecule has 0 N–H and O–H groups in total. The van der Waals surface area contributed by atoms with Crippen molar-refractivity contribution in [1.29, 1.82) is 0 Å². The van der Waals surface area contributed by atoms with Crippen LogP contribution in [0.3, 0.4) is 0 Å². The van der Waals surface area contributed by atoms with Gasteiger partial charge in [-0.05, 0) is 29.0 Å². The Balaban J connectivity index is 2.50. The summed E-state index contributed by atoms with van der Waals surface area (Å²) in [5, 5.41) is 4.10. The maximum Gasteiger partial charge on any atom is 0.296 e. The fraction of sp³-hybridized carbons (Fsp3) is 0.0909. The normalized spacial score (nSPS) is 16.7. The van der Waals surface area contributed by atoms with Crippen molar-refractivity contribution < 1.29 is 12.6 Å². The minimum absolute atomic E-state index is 0.170. The van der Waals surface area contributed by atoms with E-state index in [1.807, 2.05) is 23.0 Å². The summed E-state index contributed by atoms with van der Waals surface area (Å²) in [6.45, 7) is 0. The summed E-state index contributed by atoms with van der Waals surface area (Å²) in [7, 11) is -3.07. The van der Waals surface area contributed by atoms with Gasteiger partial charge in [-0.2, -0.15) is 19.3 Å². The molecule has 1 aromatic rings. The van der Waals surface area contributed by atoms with Gasteiger partial charge < -0.3 is 0 Å². The zero-order valence-corrected chi connectivity index (χ0v) is 11.7. The highest BCUT2D eigenvalue weighted by Crippen LogP contribution is 2.45. The van der Waals surface area contributed by atoms with Crippen molar-refractivity contribution in [1.82, 2.24) is 0 Å². The van der Waals surface area contributed by atoms with E-state index in [2.05, 4.69) is 16.8 Å².